The summed E-state index contributed by atoms with van der Waals surface area (Å²) in [5.74, 6) is 2.87. The van der Waals surface area contributed by atoms with E-state index in [1.54, 1.807) is 11.3 Å². The molecule has 0 bridgehead atoms. The molecule has 5 heteroatoms. The highest BCUT2D eigenvalue weighted by atomic mass is 32.1. The van der Waals surface area contributed by atoms with Crippen LogP contribution in [-0.4, -0.2) is 24.0 Å². The molecule has 0 amide bonds. The molecule has 22 heavy (non-hydrogen) atoms. The molecule has 0 aliphatic heterocycles. The first kappa shape index (κ1) is 15.8. The van der Waals surface area contributed by atoms with Crippen LogP contribution in [-0.2, 0) is 6.54 Å². The van der Waals surface area contributed by atoms with Crippen molar-refractivity contribution < 1.29 is 0 Å². The number of aromatic nitrogens is 1. The maximum absolute atomic E-state index is 4.49. The lowest BCUT2D eigenvalue weighted by molar-refractivity contribution is 0.150. The van der Waals surface area contributed by atoms with Gasteiger partial charge in [0.15, 0.2) is 5.96 Å². The van der Waals surface area contributed by atoms with Crippen LogP contribution >= 0.6 is 11.3 Å². The molecule has 0 aromatic carbocycles. The Hall–Kier alpha value is -1.10. The zero-order chi connectivity index (χ0) is 15.4. The Kier molecular flexibility index (Phi) is 5.34. The van der Waals surface area contributed by atoms with Crippen molar-refractivity contribution >= 4 is 17.3 Å². The summed E-state index contributed by atoms with van der Waals surface area (Å²) in [6, 6.07) is 0.587. The smallest absolute Gasteiger partial charge is 0.191 e. The van der Waals surface area contributed by atoms with E-state index in [1.807, 2.05) is 14.0 Å². The normalized spacial score (nSPS) is 29.0. The lowest BCUT2D eigenvalue weighted by atomic mass is 9.69. The van der Waals surface area contributed by atoms with E-state index in [4.69, 9.17) is 0 Å². The molecular weight excluding hydrogens is 292 g/mol. The first-order valence-electron chi connectivity index (χ1n) is 8.63. The maximum Gasteiger partial charge on any atom is 0.191 e. The third kappa shape index (κ3) is 4.00. The Bertz CT molecular complexity index is 511. The van der Waals surface area contributed by atoms with Crippen molar-refractivity contribution in [3.05, 3.63) is 16.1 Å². The standard InChI is InChI=1S/C17H28N4S/c1-12-11-22-16(20-12)10-19-17(18-2)21-15-8-7-13-5-3-4-6-14(13)9-15/h11,13-15H,3-10H2,1-2H3,(H2,18,19,21). The average Bonchev–Trinajstić information content (AvgIpc) is 2.96. The van der Waals surface area contributed by atoms with Gasteiger partial charge in [-0.05, 0) is 38.0 Å². The van der Waals surface area contributed by atoms with Gasteiger partial charge in [-0.3, -0.25) is 4.99 Å². The van der Waals surface area contributed by atoms with Gasteiger partial charge in [0.25, 0.3) is 0 Å². The molecule has 122 valence electrons. The minimum absolute atomic E-state index is 0.587. The monoisotopic (exact) mass is 320 g/mol. The van der Waals surface area contributed by atoms with Gasteiger partial charge in [0, 0.05) is 24.2 Å². The van der Waals surface area contributed by atoms with Gasteiger partial charge in [-0.1, -0.05) is 25.7 Å². The molecule has 0 saturated heterocycles. The third-order valence-electron chi connectivity index (χ3n) is 5.18. The number of thiazole rings is 1. The Balaban J connectivity index is 1.48. The van der Waals surface area contributed by atoms with Crippen molar-refractivity contribution in [2.75, 3.05) is 7.05 Å². The lowest BCUT2D eigenvalue weighted by Crippen LogP contribution is -2.46. The van der Waals surface area contributed by atoms with Crippen LogP contribution in [0.2, 0.25) is 0 Å². The Morgan fingerprint density at radius 2 is 2.09 bits per heavy atom. The second-order valence-corrected chi connectivity index (χ2v) is 7.71. The maximum atomic E-state index is 4.49. The molecule has 2 saturated carbocycles. The summed E-state index contributed by atoms with van der Waals surface area (Å²) in [5.41, 5.74) is 1.10. The predicted molar refractivity (Wildman–Crippen MR) is 93.3 cm³/mol. The summed E-state index contributed by atoms with van der Waals surface area (Å²) in [6.07, 6.45) is 9.80. The van der Waals surface area contributed by atoms with Gasteiger partial charge < -0.3 is 10.6 Å². The highest BCUT2D eigenvalue weighted by Crippen LogP contribution is 2.40. The Morgan fingerprint density at radius 1 is 1.27 bits per heavy atom. The van der Waals surface area contributed by atoms with Crippen molar-refractivity contribution in [2.45, 2.75) is 64.5 Å². The molecule has 2 fully saturated rings. The van der Waals surface area contributed by atoms with E-state index in [0.717, 1.165) is 35.0 Å². The van der Waals surface area contributed by atoms with Crippen LogP contribution in [0.25, 0.3) is 0 Å². The van der Waals surface area contributed by atoms with E-state index in [-0.39, 0.29) is 0 Å². The molecular formula is C17H28N4S. The van der Waals surface area contributed by atoms with Crippen molar-refractivity contribution in [1.29, 1.82) is 0 Å². The van der Waals surface area contributed by atoms with Gasteiger partial charge >= 0.3 is 0 Å². The molecule has 3 atom stereocenters. The second kappa shape index (κ2) is 7.44. The highest BCUT2D eigenvalue weighted by Gasteiger charge is 2.32. The van der Waals surface area contributed by atoms with Crippen LogP contribution in [0.3, 0.4) is 0 Å². The molecule has 1 aromatic rings. The van der Waals surface area contributed by atoms with Crippen molar-refractivity contribution in [3.63, 3.8) is 0 Å². The van der Waals surface area contributed by atoms with Crippen LogP contribution in [0.5, 0.6) is 0 Å². The van der Waals surface area contributed by atoms with Crippen LogP contribution in [0.1, 0.15) is 55.6 Å². The van der Waals surface area contributed by atoms with E-state index in [0.29, 0.717) is 6.04 Å². The number of aliphatic imine (C=N–C) groups is 1. The number of fused-ring (bicyclic) bond motifs is 1. The number of hydrogen-bond acceptors (Lipinski definition) is 3. The Labute approximate surface area is 137 Å². The summed E-state index contributed by atoms with van der Waals surface area (Å²) >= 11 is 1.71. The topological polar surface area (TPSA) is 49.3 Å². The average molecular weight is 321 g/mol. The van der Waals surface area contributed by atoms with Gasteiger partial charge in [0.1, 0.15) is 5.01 Å². The summed E-state index contributed by atoms with van der Waals surface area (Å²) in [6.45, 7) is 2.80. The molecule has 2 aliphatic rings. The quantitative estimate of drug-likeness (QED) is 0.662. The van der Waals surface area contributed by atoms with Gasteiger partial charge in [0.05, 0.1) is 6.54 Å². The molecule has 0 radical (unpaired) electrons. The highest BCUT2D eigenvalue weighted by molar-refractivity contribution is 7.09. The van der Waals surface area contributed by atoms with Gasteiger partial charge in [-0.25, -0.2) is 4.98 Å². The van der Waals surface area contributed by atoms with Crippen molar-refractivity contribution in [3.8, 4) is 0 Å². The number of aryl methyl sites for hydroxylation is 1. The van der Waals surface area contributed by atoms with Gasteiger partial charge in [-0.15, -0.1) is 11.3 Å². The fourth-order valence-corrected chi connectivity index (χ4v) is 4.75. The number of rotatable bonds is 3. The first-order valence-corrected chi connectivity index (χ1v) is 9.50. The SMILES string of the molecule is CN=C(NCc1nc(C)cs1)NC1CCC2CCCCC2C1. The van der Waals surface area contributed by atoms with Crippen LogP contribution < -0.4 is 10.6 Å². The fourth-order valence-electron chi connectivity index (χ4n) is 4.04. The molecule has 1 heterocycles. The molecule has 3 unspecified atom stereocenters. The number of hydrogen-bond donors (Lipinski definition) is 2. The molecule has 2 aliphatic carbocycles. The fraction of sp³-hybridized carbons (Fsp3) is 0.765. The van der Waals surface area contributed by atoms with E-state index >= 15 is 0 Å². The van der Waals surface area contributed by atoms with E-state index in [2.05, 4.69) is 26.0 Å². The van der Waals surface area contributed by atoms with Crippen LogP contribution in [0.4, 0.5) is 0 Å². The van der Waals surface area contributed by atoms with Crippen molar-refractivity contribution in [1.82, 2.24) is 15.6 Å². The van der Waals surface area contributed by atoms with Crippen molar-refractivity contribution in [2.24, 2.45) is 16.8 Å². The molecule has 4 nitrogen and oxygen atoms in total. The summed E-state index contributed by atoms with van der Waals surface area (Å²) < 4.78 is 0. The largest absolute Gasteiger partial charge is 0.354 e. The molecule has 3 rings (SSSR count). The van der Waals surface area contributed by atoms with Gasteiger partial charge in [0.2, 0.25) is 0 Å². The third-order valence-corrected chi connectivity index (χ3v) is 6.14. The minimum atomic E-state index is 0.587. The molecule has 2 N–H and O–H groups in total. The van der Waals surface area contributed by atoms with E-state index < -0.39 is 0 Å². The van der Waals surface area contributed by atoms with Gasteiger partial charge in [-0.2, -0.15) is 0 Å². The zero-order valence-electron chi connectivity index (χ0n) is 13.8. The van der Waals surface area contributed by atoms with Crippen LogP contribution in [0, 0.1) is 18.8 Å². The number of nitrogens with zero attached hydrogens (tertiary/aromatic N) is 2. The second-order valence-electron chi connectivity index (χ2n) is 6.77. The zero-order valence-corrected chi connectivity index (χ0v) is 14.6. The summed E-state index contributed by atoms with van der Waals surface area (Å²) in [4.78, 5) is 8.87. The number of guanidine groups is 1. The summed E-state index contributed by atoms with van der Waals surface area (Å²) in [5, 5.41) is 10.3. The molecule has 1 aromatic heterocycles. The van der Waals surface area contributed by atoms with Crippen LogP contribution in [0.15, 0.2) is 10.4 Å². The molecule has 0 spiro atoms. The minimum Gasteiger partial charge on any atom is -0.354 e. The Morgan fingerprint density at radius 3 is 2.82 bits per heavy atom. The summed E-state index contributed by atoms with van der Waals surface area (Å²) in [7, 11) is 1.86. The lowest BCUT2D eigenvalue weighted by Gasteiger charge is -2.39. The van der Waals surface area contributed by atoms with E-state index in [1.165, 1.54) is 44.9 Å². The number of nitrogens with one attached hydrogen (secondary N) is 2. The predicted octanol–water partition coefficient (Wildman–Crippen LogP) is 3.48. The van der Waals surface area contributed by atoms with E-state index in [9.17, 15) is 0 Å². The first-order chi connectivity index (χ1) is 10.7.